The summed E-state index contributed by atoms with van der Waals surface area (Å²) >= 11 is 0. The molecule has 0 aliphatic heterocycles. The molecule has 2 N–H and O–H groups in total. The number of carbonyl (C=O) groups excluding carboxylic acids is 1. The molecule has 0 spiro atoms. The van der Waals surface area contributed by atoms with E-state index < -0.39 is 5.60 Å². The minimum atomic E-state index is -0.814. The summed E-state index contributed by atoms with van der Waals surface area (Å²) in [6.45, 7) is 1.64. The average Bonchev–Trinajstić information content (AvgIpc) is 2.43. The molecule has 1 aromatic heterocycles. The van der Waals surface area contributed by atoms with Crippen LogP contribution in [0.4, 0.5) is 0 Å². The van der Waals surface area contributed by atoms with Crippen LogP contribution in [-0.2, 0) is 10.4 Å². The van der Waals surface area contributed by atoms with E-state index in [1.54, 1.807) is 19.3 Å². The summed E-state index contributed by atoms with van der Waals surface area (Å²) in [6, 6.07) is 3.83. The molecule has 1 saturated carbocycles. The predicted molar refractivity (Wildman–Crippen MR) is 72.0 cm³/mol. The van der Waals surface area contributed by atoms with Gasteiger partial charge in [-0.3, -0.25) is 9.78 Å². The van der Waals surface area contributed by atoms with Crippen LogP contribution < -0.4 is 5.32 Å². The summed E-state index contributed by atoms with van der Waals surface area (Å²) in [6.07, 6.45) is 6.17. The van der Waals surface area contributed by atoms with Gasteiger partial charge in [0.1, 0.15) is 0 Å². The second-order valence-corrected chi connectivity index (χ2v) is 4.90. The Morgan fingerprint density at radius 1 is 1.53 bits per heavy atom. The quantitative estimate of drug-likeness (QED) is 0.787. The topological polar surface area (TPSA) is 62.2 Å². The van der Waals surface area contributed by atoms with Gasteiger partial charge in [-0.2, -0.15) is 0 Å². The number of hydrogen-bond acceptors (Lipinski definition) is 3. The van der Waals surface area contributed by atoms with Crippen molar-refractivity contribution in [2.75, 3.05) is 0 Å². The van der Waals surface area contributed by atoms with Gasteiger partial charge in [0.2, 0.25) is 0 Å². The number of pyridine rings is 1. The molecule has 1 aromatic rings. The van der Waals surface area contributed by atoms with Crippen molar-refractivity contribution in [3.05, 3.63) is 30.1 Å². The zero-order valence-corrected chi connectivity index (χ0v) is 11.0. The third-order valence-corrected chi connectivity index (χ3v) is 3.59. The van der Waals surface area contributed by atoms with Crippen LogP contribution in [0.3, 0.4) is 0 Å². The van der Waals surface area contributed by atoms with Crippen LogP contribution in [0, 0.1) is 11.8 Å². The highest BCUT2D eigenvalue weighted by Gasteiger charge is 2.35. The molecule has 4 nitrogen and oxygen atoms in total. The first-order chi connectivity index (χ1) is 9.14. The maximum absolute atomic E-state index is 11.4. The molecule has 1 amide bonds. The average molecular weight is 258 g/mol. The normalized spacial score (nSPS) is 26.1. The summed E-state index contributed by atoms with van der Waals surface area (Å²) in [7, 11) is 0. The molecule has 0 bridgehead atoms. The van der Waals surface area contributed by atoms with Crippen molar-refractivity contribution in [2.24, 2.45) is 0 Å². The molecule has 0 atom stereocenters. The van der Waals surface area contributed by atoms with E-state index in [1.165, 1.54) is 0 Å². The molecule has 1 aliphatic rings. The van der Waals surface area contributed by atoms with Gasteiger partial charge in [0.15, 0.2) is 0 Å². The van der Waals surface area contributed by atoms with Crippen LogP contribution in [0.2, 0.25) is 0 Å². The molecule has 2 rings (SSSR count). The second-order valence-electron chi connectivity index (χ2n) is 4.90. The zero-order valence-electron chi connectivity index (χ0n) is 11.0. The number of aliphatic hydroxyl groups is 1. The Balaban J connectivity index is 1.95. The lowest BCUT2D eigenvalue weighted by Gasteiger charge is -2.36. The number of nitrogens with zero attached hydrogens (tertiary/aromatic N) is 1. The van der Waals surface area contributed by atoms with E-state index in [9.17, 15) is 9.90 Å². The standard InChI is InChI=1S/C15H18N2O2/c1-2-4-14(18)17-13-6-8-15(19,9-7-13)12-5-3-10-16-11-12/h3,5,10-11,13,19H,6-9H2,1H3,(H,17,18). The van der Waals surface area contributed by atoms with Crippen molar-refractivity contribution in [3.63, 3.8) is 0 Å². The molecule has 0 saturated heterocycles. The Morgan fingerprint density at radius 2 is 2.26 bits per heavy atom. The van der Waals surface area contributed by atoms with E-state index in [2.05, 4.69) is 22.1 Å². The first-order valence-corrected chi connectivity index (χ1v) is 6.50. The molecular weight excluding hydrogens is 240 g/mol. The lowest BCUT2D eigenvalue weighted by atomic mass is 9.78. The highest BCUT2D eigenvalue weighted by Crippen LogP contribution is 2.36. The Hall–Kier alpha value is -1.86. The molecule has 19 heavy (non-hydrogen) atoms. The van der Waals surface area contributed by atoms with Crippen LogP contribution in [-0.4, -0.2) is 22.0 Å². The third kappa shape index (κ3) is 3.33. The van der Waals surface area contributed by atoms with Gasteiger partial charge in [-0.1, -0.05) is 12.0 Å². The fourth-order valence-electron chi connectivity index (χ4n) is 2.50. The number of nitrogens with one attached hydrogen (secondary N) is 1. The Labute approximate surface area is 113 Å². The molecule has 1 fully saturated rings. The highest BCUT2D eigenvalue weighted by molar-refractivity contribution is 5.93. The van der Waals surface area contributed by atoms with Gasteiger partial charge >= 0.3 is 0 Å². The monoisotopic (exact) mass is 258 g/mol. The first kappa shape index (κ1) is 13.6. The molecule has 1 heterocycles. The van der Waals surface area contributed by atoms with Crippen LogP contribution in [0.1, 0.15) is 38.2 Å². The summed E-state index contributed by atoms with van der Waals surface area (Å²) < 4.78 is 0. The fourth-order valence-corrected chi connectivity index (χ4v) is 2.50. The van der Waals surface area contributed by atoms with Gasteiger partial charge in [0.05, 0.1) is 5.60 Å². The molecule has 4 heteroatoms. The molecule has 100 valence electrons. The van der Waals surface area contributed by atoms with E-state index in [4.69, 9.17) is 0 Å². The molecule has 0 unspecified atom stereocenters. The van der Waals surface area contributed by atoms with Crippen molar-refractivity contribution >= 4 is 5.91 Å². The van der Waals surface area contributed by atoms with Crippen LogP contribution in [0.15, 0.2) is 24.5 Å². The van der Waals surface area contributed by atoms with E-state index in [-0.39, 0.29) is 11.9 Å². The second kappa shape index (κ2) is 5.85. The van der Waals surface area contributed by atoms with Crippen molar-refractivity contribution < 1.29 is 9.90 Å². The number of hydrogen-bond donors (Lipinski definition) is 2. The van der Waals surface area contributed by atoms with E-state index in [1.807, 2.05) is 12.1 Å². The zero-order chi connectivity index (χ0) is 13.7. The number of amides is 1. The minimum Gasteiger partial charge on any atom is -0.385 e. The first-order valence-electron chi connectivity index (χ1n) is 6.50. The van der Waals surface area contributed by atoms with Crippen molar-refractivity contribution in [3.8, 4) is 11.8 Å². The van der Waals surface area contributed by atoms with E-state index in [0.29, 0.717) is 12.8 Å². The largest absolute Gasteiger partial charge is 0.385 e. The summed E-state index contributed by atoms with van der Waals surface area (Å²) in [4.78, 5) is 15.4. The van der Waals surface area contributed by atoms with Gasteiger partial charge < -0.3 is 10.4 Å². The highest BCUT2D eigenvalue weighted by atomic mass is 16.3. The molecule has 0 aromatic carbocycles. The SMILES string of the molecule is CC#CC(=O)NC1CCC(O)(c2cccnc2)CC1. The maximum Gasteiger partial charge on any atom is 0.296 e. The Bertz CT molecular complexity index is 494. The fraction of sp³-hybridized carbons (Fsp3) is 0.467. The predicted octanol–water partition coefficient (Wildman–Crippen LogP) is 1.35. The summed E-state index contributed by atoms with van der Waals surface area (Å²) in [5, 5.41) is 13.5. The van der Waals surface area contributed by atoms with Crippen LogP contribution in [0.5, 0.6) is 0 Å². The van der Waals surface area contributed by atoms with E-state index >= 15 is 0 Å². The molecule has 1 aliphatic carbocycles. The van der Waals surface area contributed by atoms with Crippen LogP contribution in [0.25, 0.3) is 0 Å². The Morgan fingerprint density at radius 3 is 2.84 bits per heavy atom. The number of carbonyl (C=O) groups is 1. The van der Waals surface area contributed by atoms with Gasteiger partial charge in [-0.05, 0) is 44.6 Å². The smallest absolute Gasteiger partial charge is 0.296 e. The summed E-state index contributed by atoms with van der Waals surface area (Å²) in [5.74, 6) is 4.82. The minimum absolute atomic E-state index is 0.102. The van der Waals surface area contributed by atoms with Gasteiger partial charge in [0.25, 0.3) is 5.91 Å². The molecule has 0 radical (unpaired) electrons. The van der Waals surface area contributed by atoms with Crippen molar-refractivity contribution in [2.45, 2.75) is 44.2 Å². The maximum atomic E-state index is 11.4. The number of rotatable bonds is 2. The van der Waals surface area contributed by atoms with Crippen molar-refractivity contribution in [1.29, 1.82) is 0 Å². The van der Waals surface area contributed by atoms with Crippen LogP contribution >= 0.6 is 0 Å². The molecular formula is C15H18N2O2. The third-order valence-electron chi connectivity index (χ3n) is 3.59. The van der Waals surface area contributed by atoms with Gasteiger partial charge in [-0.25, -0.2) is 0 Å². The summed E-state index contributed by atoms with van der Waals surface area (Å²) in [5.41, 5.74) is 0.0412. The lowest BCUT2D eigenvalue weighted by molar-refractivity contribution is -0.117. The van der Waals surface area contributed by atoms with Gasteiger partial charge in [-0.15, -0.1) is 0 Å². The van der Waals surface area contributed by atoms with E-state index in [0.717, 1.165) is 18.4 Å². The lowest BCUT2D eigenvalue weighted by Crippen LogP contribution is -2.41. The van der Waals surface area contributed by atoms with Crippen molar-refractivity contribution in [1.82, 2.24) is 10.3 Å². The Kier molecular flexibility index (Phi) is 4.18. The number of aromatic nitrogens is 1. The van der Waals surface area contributed by atoms with Gasteiger partial charge in [0, 0.05) is 24.0 Å².